The van der Waals surface area contributed by atoms with Crippen LogP contribution in [0.5, 0.6) is 0 Å². The van der Waals surface area contributed by atoms with Crippen molar-refractivity contribution in [3.8, 4) is 0 Å². The lowest BCUT2D eigenvalue weighted by molar-refractivity contribution is -0.170. The Morgan fingerprint density at radius 1 is 1.21 bits per heavy atom. The van der Waals surface area contributed by atoms with Crippen molar-refractivity contribution in [1.29, 1.82) is 0 Å². The quantitative estimate of drug-likeness (QED) is 0.635. The normalized spacial score (nSPS) is 30.8. The molecule has 2 unspecified atom stereocenters. The molecule has 1 saturated carbocycles. The maximum absolute atomic E-state index is 12.5. The molecule has 0 spiro atoms. The largest absolute Gasteiger partial charge is 0.378 e. The van der Waals surface area contributed by atoms with Crippen molar-refractivity contribution in [2.45, 2.75) is 52.2 Å². The Hall–Kier alpha value is -0.690. The van der Waals surface area contributed by atoms with Gasteiger partial charge in [-0.1, -0.05) is 20.8 Å². The van der Waals surface area contributed by atoms with Crippen LogP contribution in [0.25, 0.3) is 0 Å². The molecule has 1 aliphatic carbocycles. The van der Waals surface area contributed by atoms with E-state index in [1.165, 1.54) is 0 Å². The molecule has 2 atom stereocenters. The van der Waals surface area contributed by atoms with Gasteiger partial charge in [0.1, 0.15) is 5.54 Å². The second-order valence-electron chi connectivity index (χ2n) is 7.73. The van der Waals surface area contributed by atoms with Crippen molar-refractivity contribution in [3.05, 3.63) is 0 Å². The number of nitrogens with one attached hydrogen (secondary N) is 1. The van der Waals surface area contributed by atoms with Crippen LogP contribution in [0.2, 0.25) is 0 Å². The number of likely N-dealkylation sites (N-methyl/N-ethyl adjacent to an activating group) is 1. The highest BCUT2D eigenvalue weighted by molar-refractivity contribution is 5.88. The number of ether oxygens (including phenoxy) is 1. The van der Waals surface area contributed by atoms with Gasteiger partial charge in [0.05, 0.1) is 6.10 Å². The summed E-state index contributed by atoms with van der Waals surface area (Å²) in [4.78, 5) is 17.5. The van der Waals surface area contributed by atoms with Gasteiger partial charge in [-0.2, -0.15) is 0 Å². The zero-order chi connectivity index (χ0) is 17.8. The average molecular weight is 341 g/mol. The summed E-state index contributed by atoms with van der Waals surface area (Å²) in [7, 11) is 0. The molecule has 0 aromatic carbocycles. The van der Waals surface area contributed by atoms with E-state index in [2.05, 4.69) is 22.0 Å². The number of piperazine rings is 1. The summed E-state index contributed by atoms with van der Waals surface area (Å²) in [6.07, 6.45) is 1.66. The van der Waals surface area contributed by atoms with E-state index in [1.54, 1.807) is 0 Å². The SMILES string of the molecule is CCOC1CC(N)(C(=O)NCCCN2CCN(CC)CC2)C1(C)C. The molecule has 2 rings (SSSR count). The predicted octanol–water partition coefficient (Wildman–Crippen LogP) is 0.663. The van der Waals surface area contributed by atoms with Gasteiger partial charge in [-0.15, -0.1) is 0 Å². The van der Waals surface area contributed by atoms with E-state index in [4.69, 9.17) is 10.5 Å². The monoisotopic (exact) mass is 340 g/mol. The predicted molar refractivity (Wildman–Crippen MR) is 96.9 cm³/mol. The summed E-state index contributed by atoms with van der Waals surface area (Å²) < 4.78 is 5.69. The summed E-state index contributed by atoms with van der Waals surface area (Å²) in [5.41, 5.74) is 5.27. The van der Waals surface area contributed by atoms with Crippen LogP contribution < -0.4 is 11.1 Å². The number of nitrogens with two attached hydrogens (primary N) is 1. The molecule has 1 saturated heterocycles. The Bertz CT molecular complexity index is 421. The van der Waals surface area contributed by atoms with Crippen LogP contribution in [0.4, 0.5) is 0 Å². The standard InChI is InChI=1S/C18H36N4O2/c1-5-21-10-12-22(13-11-21)9-7-8-20-16(23)18(19)14-15(24-6-2)17(18,3)4/h15H,5-14,19H2,1-4H3,(H,20,23). The third-order valence-electron chi connectivity index (χ3n) is 6.08. The zero-order valence-electron chi connectivity index (χ0n) is 15.9. The highest BCUT2D eigenvalue weighted by Crippen LogP contribution is 2.49. The molecule has 1 heterocycles. The highest BCUT2D eigenvalue weighted by Gasteiger charge is 2.62. The maximum Gasteiger partial charge on any atom is 0.240 e. The molecule has 6 heteroatoms. The third kappa shape index (κ3) is 3.93. The maximum atomic E-state index is 12.5. The molecule has 2 fully saturated rings. The summed E-state index contributed by atoms with van der Waals surface area (Å²) in [6.45, 7) is 16.4. The van der Waals surface area contributed by atoms with Crippen LogP contribution in [0.3, 0.4) is 0 Å². The van der Waals surface area contributed by atoms with E-state index in [0.717, 1.165) is 45.7 Å². The van der Waals surface area contributed by atoms with Crippen molar-refractivity contribution >= 4 is 5.91 Å². The van der Waals surface area contributed by atoms with Gasteiger partial charge in [-0.05, 0) is 26.4 Å². The molecule has 6 nitrogen and oxygen atoms in total. The number of carbonyl (C=O) groups is 1. The van der Waals surface area contributed by atoms with Crippen LogP contribution in [0.15, 0.2) is 0 Å². The van der Waals surface area contributed by atoms with E-state index < -0.39 is 5.54 Å². The van der Waals surface area contributed by atoms with Gasteiger partial charge in [0.2, 0.25) is 5.91 Å². The van der Waals surface area contributed by atoms with E-state index in [1.807, 2.05) is 20.8 Å². The van der Waals surface area contributed by atoms with Gasteiger partial charge in [0, 0.05) is 51.2 Å². The molecule has 0 radical (unpaired) electrons. The summed E-state index contributed by atoms with van der Waals surface area (Å²) in [6, 6.07) is 0. The van der Waals surface area contributed by atoms with Gasteiger partial charge in [0.15, 0.2) is 0 Å². The molecule has 24 heavy (non-hydrogen) atoms. The molecule has 0 aromatic rings. The van der Waals surface area contributed by atoms with Crippen LogP contribution >= 0.6 is 0 Å². The fourth-order valence-electron chi connectivity index (χ4n) is 3.81. The van der Waals surface area contributed by atoms with Gasteiger partial charge in [-0.25, -0.2) is 0 Å². The number of hydrogen-bond acceptors (Lipinski definition) is 5. The minimum Gasteiger partial charge on any atom is -0.378 e. The fraction of sp³-hybridized carbons (Fsp3) is 0.944. The van der Waals surface area contributed by atoms with E-state index in [9.17, 15) is 4.79 Å². The Morgan fingerprint density at radius 3 is 2.38 bits per heavy atom. The minimum absolute atomic E-state index is 0.0285. The molecule has 2 aliphatic rings. The Balaban J connectivity index is 1.67. The highest BCUT2D eigenvalue weighted by atomic mass is 16.5. The Morgan fingerprint density at radius 2 is 1.83 bits per heavy atom. The second kappa shape index (κ2) is 8.13. The molecule has 1 aliphatic heterocycles. The van der Waals surface area contributed by atoms with Gasteiger partial charge in [0.25, 0.3) is 0 Å². The summed E-state index contributed by atoms with van der Waals surface area (Å²) in [5.74, 6) is -0.0285. The first-order valence-corrected chi connectivity index (χ1v) is 9.48. The van der Waals surface area contributed by atoms with Crippen molar-refractivity contribution in [2.75, 3.05) is 52.4 Å². The average Bonchev–Trinajstić information content (AvgIpc) is 2.58. The van der Waals surface area contributed by atoms with Crippen molar-refractivity contribution in [3.63, 3.8) is 0 Å². The van der Waals surface area contributed by atoms with Crippen molar-refractivity contribution < 1.29 is 9.53 Å². The van der Waals surface area contributed by atoms with E-state index in [0.29, 0.717) is 19.6 Å². The van der Waals surface area contributed by atoms with Crippen molar-refractivity contribution in [2.24, 2.45) is 11.1 Å². The minimum atomic E-state index is -0.806. The lowest BCUT2D eigenvalue weighted by Crippen LogP contribution is -2.75. The lowest BCUT2D eigenvalue weighted by atomic mass is 9.54. The molecule has 0 bridgehead atoms. The van der Waals surface area contributed by atoms with E-state index >= 15 is 0 Å². The lowest BCUT2D eigenvalue weighted by Gasteiger charge is -2.57. The van der Waals surface area contributed by atoms with Crippen LogP contribution in [0.1, 0.15) is 40.5 Å². The number of amides is 1. The first-order chi connectivity index (χ1) is 11.3. The topological polar surface area (TPSA) is 70.8 Å². The molecular formula is C18H36N4O2. The van der Waals surface area contributed by atoms with Gasteiger partial charge < -0.3 is 25.6 Å². The smallest absolute Gasteiger partial charge is 0.240 e. The molecule has 1 amide bonds. The second-order valence-corrected chi connectivity index (χ2v) is 7.73. The van der Waals surface area contributed by atoms with Gasteiger partial charge in [-0.3, -0.25) is 4.79 Å². The van der Waals surface area contributed by atoms with Gasteiger partial charge >= 0.3 is 0 Å². The third-order valence-corrected chi connectivity index (χ3v) is 6.08. The number of nitrogens with zero attached hydrogens (tertiary/aromatic N) is 2. The van der Waals surface area contributed by atoms with Crippen LogP contribution in [-0.2, 0) is 9.53 Å². The first kappa shape index (κ1) is 19.6. The van der Waals surface area contributed by atoms with Crippen LogP contribution in [0, 0.1) is 5.41 Å². The zero-order valence-corrected chi connectivity index (χ0v) is 15.9. The Kier molecular flexibility index (Phi) is 6.65. The van der Waals surface area contributed by atoms with E-state index in [-0.39, 0.29) is 17.4 Å². The molecule has 140 valence electrons. The molecule has 3 N–H and O–H groups in total. The van der Waals surface area contributed by atoms with Crippen LogP contribution in [-0.4, -0.2) is 79.8 Å². The molecular weight excluding hydrogens is 304 g/mol. The van der Waals surface area contributed by atoms with Crippen molar-refractivity contribution in [1.82, 2.24) is 15.1 Å². The first-order valence-electron chi connectivity index (χ1n) is 9.48. The number of rotatable bonds is 8. The fourth-order valence-corrected chi connectivity index (χ4v) is 3.81. The summed E-state index contributed by atoms with van der Waals surface area (Å²) >= 11 is 0. The molecule has 0 aromatic heterocycles. The number of hydrogen-bond donors (Lipinski definition) is 2. The number of carbonyl (C=O) groups excluding carboxylic acids is 1. The summed E-state index contributed by atoms with van der Waals surface area (Å²) in [5, 5.41) is 3.05. The Labute approximate surface area is 147 Å².